The molecule has 2 aliphatic heterocycles. The number of benzene rings is 4. The van der Waals surface area contributed by atoms with E-state index in [9.17, 15) is 51.6 Å². The molecule has 0 radical (unpaired) electrons. The largest absolute Gasteiger partial charge is 0.416 e. The number of hydrogen-bond donors (Lipinski definition) is 10. The second-order valence-corrected chi connectivity index (χ2v) is 14.9. The minimum absolute atomic E-state index is 0.107. The van der Waals surface area contributed by atoms with Crippen LogP contribution < -0.4 is 33.2 Å². The SMILES string of the molecule is NC(=N[C@H]1[C@H](O[C@H]2[C@@H](NC(=O)C(N)c3ccc(-c4ccccc4)cc3)[C@@H](CO)OC[C@@H]2N=C(N)Nc2cccc(C(F)(F)F)c2)O[C@H](CO)[C@@H](O)[C@@H]1O)Nc1cccc(C(F)(F)F)c1. The van der Waals surface area contributed by atoms with Crippen molar-refractivity contribution in [3.63, 3.8) is 0 Å². The van der Waals surface area contributed by atoms with Gasteiger partial charge in [0.15, 0.2) is 18.2 Å². The van der Waals surface area contributed by atoms with Crippen molar-refractivity contribution in [2.75, 3.05) is 30.5 Å². The lowest BCUT2D eigenvalue weighted by atomic mass is 9.93. The molecule has 2 aliphatic rings. The van der Waals surface area contributed by atoms with Crippen LogP contribution in [0, 0.1) is 0 Å². The molecule has 2 heterocycles. The number of rotatable bonds is 12. The van der Waals surface area contributed by atoms with Crippen LogP contribution in [0.25, 0.3) is 11.1 Å². The lowest BCUT2D eigenvalue weighted by Crippen LogP contribution is -2.66. The number of guanidine groups is 2. The zero-order valence-electron chi connectivity index (χ0n) is 33.5. The lowest BCUT2D eigenvalue weighted by Gasteiger charge is -2.46. The lowest BCUT2D eigenvalue weighted by molar-refractivity contribution is -0.289. The Morgan fingerprint density at radius 2 is 1.30 bits per heavy atom. The third-order valence-corrected chi connectivity index (χ3v) is 10.4. The first kappa shape index (κ1) is 47.6. The average molecular weight is 905 g/mol. The van der Waals surface area contributed by atoms with Gasteiger partial charge in [-0.1, -0.05) is 66.7 Å². The van der Waals surface area contributed by atoms with Crippen LogP contribution in [-0.4, -0.2) is 113 Å². The summed E-state index contributed by atoms with van der Waals surface area (Å²) >= 11 is 0. The molecular weight excluding hydrogens is 858 g/mol. The van der Waals surface area contributed by atoms with E-state index in [4.69, 9.17) is 31.4 Å². The molecule has 1 unspecified atom stereocenters. The molecule has 10 atom stereocenters. The van der Waals surface area contributed by atoms with Crippen molar-refractivity contribution in [3.05, 3.63) is 120 Å². The molecule has 0 aliphatic carbocycles. The van der Waals surface area contributed by atoms with Gasteiger partial charge < -0.3 is 67.8 Å². The van der Waals surface area contributed by atoms with Gasteiger partial charge in [0.2, 0.25) is 5.91 Å². The molecule has 0 aromatic heterocycles. The number of aliphatic hydroxyl groups is 4. The van der Waals surface area contributed by atoms with Crippen molar-refractivity contribution in [1.29, 1.82) is 0 Å². The number of amides is 1. The third kappa shape index (κ3) is 11.6. The molecule has 22 heteroatoms. The zero-order chi connectivity index (χ0) is 46.3. The maximum absolute atomic E-state index is 14.0. The van der Waals surface area contributed by atoms with Gasteiger partial charge >= 0.3 is 12.4 Å². The molecule has 0 saturated carbocycles. The predicted octanol–water partition coefficient (Wildman–Crippen LogP) is 2.68. The summed E-state index contributed by atoms with van der Waals surface area (Å²) in [6, 6.07) is 18.5. The van der Waals surface area contributed by atoms with Gasteiger partial charge in [0.05, 0.1) is 37.0 Å². The van der Waals surface area contributed by atoms with Crippen molar-refractivity contribution < 1.29 is 65.8 Å². The number of alkyl halides is 6. The summed E-state index contributed by atoms with van der Waals surface area (Å²) in [7, 11) is 0. The monoisotopic (exact) mass is 904 g/mol. The Balaban J connectivity index is 1.34. The summed E-state index contributed by atoms with van der Waals surface area (Å²) in [5, 5.41) is 50.5. The molecule has 16 nitrogen and oxygen atoms in total. The number of halogens is 6. The fourth-order valence-electron chi connectivity index (χ4n) is 7.14. The number of carbonyl (C=O) groups is 1. The van der Waals surface area contributed by atoms with E-state index in [0.29, 0.717) is 5.56 Å². The van der Waals surface area contributed by atoms with E-state index in [1.54, 1.807) is 24.3 Å². The summed E-state index contributed by atoms with van der Waals surface area (Å²) < 4.78 is 99.0. The van der Waals surface area contributed by atoms with Crippen LogP contribution in [0.2, 0.25) is 0 Å². The quantitative estimate of drug-likeness (QED) is 0.0558. The van der Waals surface area contributed by atoms with Crippen molar-refractivity contribution >= 4 is 29.2 Å². The van der Waals surface area contributed by atoms with Crippen LogP contribution in [0.4, 0.5) is 37.7 Å². The topological polar surface area (TPSA) is 265 Å². The number of nitrogens with two attached hydrogens (primary N) is 3. The highest BCUT2D eigenvalue weighted by Crippen LogP contribution is 2.34. The summed E-state index contributed by atoms with van der Waals surface area (Å²) in [6.45, 7) is -2.01. The number of ether oxygens (including phenoxy) is 3. The highest BCUT2D eigenvalue weighted by atomic mass is 19.4. The van der Waals surface area contributed by atoms with Crippen LogP contribution in [0.1, 0.15) is 22.7 Å². The second-order valence-electron chi connectivity index (χ2n) is 14.9. The molecule has 0 spiro atoms. The Morgan fingerprint density at radius 1 is 0.750 bits per heavy atom. The van der Waals surface area contributed by atoms with E-state index >= 15 is 0 Å². The molecule has 4 aromatic rings. The molecule has 344 valence electrons. The number of carbonyl (C=O) groups excluding carboxylic acids is 1. The van der Waals surface area contributed by atoms with Gasteiger partial charge in [0, 0.05) is 11.4 Å². The maximum Gasteiger partial charge on any atom is 0.416 e. The molecule has 0 bridgehead atoms. The maximum atomic E-state index is 14.0. The zero-order valence-corrected chi connectivity index (χ0v) is 33.5. The smallest absolute Gasteiger partial charge is 0.394 e. The summed E-state index contributed by atoms with van der Waals surface area (Å²) in [5.41, 5.74) is 18.6. The van der Waals surface area contributed by atoms with Gasteiger partial charge in [-0.15, -0.1) is 0 Å². The highest BCUT2D eigenvalue weighted by molar-refractivity contribution is 5.93. The summed E-state index contributed by atoms with van der Waals surface area (Å²) in [6.07, 6.45) is -19.2. The minimum atomic E-state index is -4.70. The molecule has 2 fully saturated rings. The Bertz CT molecular complexity index is 2260. The number of anilines is 2. The summed E-state index contributed by atoms with van der Waals surface area (Å²) in [4.78, 5) is 22.5. The Kier molecular flexibility index (Phi) is 15.1. The standard InChI is InChI=1S/C42H46F6N8O8/c43-41(44,45)24-8-4-10-26(16-24)52-39(50)54-28-20-62-29(18-57)32(55-37(61)31(49)23-14-12-22(13-15-23)21-6-2-1-3-7-21)36(28)64-38-33(35(60)34(59)30(19-58)63-38)56-40(51)53-27-11-5-9-25(17-27)42(46,47)48/h1-17,28-36,38,57-60H,18-20,49H2,(H,55,61)(H3,50,52,54)(H3,51,53,56)/t28-,29+,30+,31?,32-,33+,34+,35+,36+,38-/m0/s1. The fraction of sp³-hybridized carbons (Fsp3) is 0.357. The highest BCUT2D eigenvalue weighted by Gasteiger charge is 2.50. The molecule has 1 amide bonds. The molecule has 4 aromatic carbocycles. The molecule has 13 N–H and O–H groups in total. The van der Waals surface area contributed by atoms with E-state index < -0.39 is 122 Å². The van der Waals surface area contributed by atoms with Crippen LogP contribution in [0.3, 0.4) is 0 Å². The van der Waals surface area contributed by atoms with Crippen molar-refractivity contribution in [2.45, 2.75) is 73.3 Å². The van der Waals surface area contributed by atoms with E-state index in [0.717, 1.165) is 47.5 Å². The number of nitrogens with zero attached hydrogens (tertiary/aromatic N) is 2. The first-order valence-corrected chi connectivity index (χ1v) is 19.6. The number of aliphatic hydroxyl groups excluding tert-OH is 4. The van der Waals surface area contributed by atoms with Crippen LogP contribution in [-0.2, 0) is 31.4 Å². The molecule has 2 saturated heterocycles. The van der Waals surface area contributed by atoms with Gasteiger partial charge in [-0.05, 0) is 53.1 Å². The van der Waals surface area contributed by atoms with Crippen LogP contribution >= 0.6 is 0 Å². The van der Waals surface area contributed by atoms with E-state index in [-0.39, 0.29) is 11.4 Å². The predicted molar refractivity (Wildman–Crippen MR) is 221 cm³/mol. The van der Waals surface area contributed by atoms with Crippen molar-refractivity contribution in [1.82, 2.24) is 5.32 Å². The Labute approximate surface area is 361 Å². The third-order valence-electron chi connectivity index (χ3n) is 10.4. The first-order valence-electron chi connectivity index (χ1n) is 19.6. The van der Waals surface area contributed by atoms with Gasteiger partial charge in [-0.2, -0.15) is 26.3 Å². The van der Waals surface area contributed by atoms with Gasteiger partial charge in [0.25, 0.3) is 0 Å². The first-order chi connectivity index (χ1) is 30.4. The molecule has 64 heavy (non-hydrogen) atoms. The second kappa shape index (κ2) is 20.3. The van der Waals surface area contributed by atoms with E-state index in [2.05, 4.69) is 25.9 Å². The van der Waals surface area contributed by atoms with Gasteiger partial charge in [-0.3, -0.25) is 4.79 Å². The minimum Gasteiger partial charge on any atom is -0.394 e. The van der Waals surface area contributed by atoms with Gasteiger partial charge in [-0.25, -0.2) is 9.98 Å². The van der Waals surface area contributed by atoms with E-state index in [1.165, 1.54) is 12.1 Å². The Morgan fingerprint density at radius 3 is 1.84 bits per heavy atom. The average Bonchev–Trinajstić information content (AvgIpc) is 3.26. The number of hydrogen-bond acceptors (Lipinski definition) is 11. The van der Waals surface area contributed by atoms with Crippen molar-refractivity contribution in [2.24, 2.45) is 27.2 Å². The number of aliphatic imine (C=N–C) groups is 2. The molecular formula is C42H46F6N8O8. The van der Waals surface area contributed by atoms with E-state index in [1.807, 2.05) is 30.3 Å². The fourth-order valence-corrected chi connectivity index (χ4v) is 7.14. The number of nitrogens with one attached hydrogen (secondary N) is 3. The normalized spacial score (nSPS) is 26.2. The van der Waals surface area contributed by atoms with Crippen LogP contribution in [0.5, 0.6) is 0 Å². The molecule has 6 rings (SSSR count). The van der Waals surface area contributed by atoms with Crippen molar-refractivity contribution in [3.8, 4) is 11.1 Å². The Hall–Kier alpha value is -5.85. The summed E-state index contributed by atoms with van der Waals surface area (Å²) in [5.74, 6) is -1.83. The van der Waals surface area contributed by atoms with Crippen LogP contribution in [0.15, 0.2) is 113 Å². The van der Waals surface area contributed by atoms with Gasteiger partial charge in [0.1, 0.15) is 48.6 Å².